The van der Waals surface area contributed by atoms with E-state index in [0.29, 0.717) is 19.8 Å². The maximum atomic E-state index is 5.65. The van der Waals surface area contributed by atoms with E-state index in [9.17, 15) is 0 Å². The van der Waals surface area contributed by atoms with Crippen molar-refractivity contribution >= 4 is 23.3 Å². The van der Waals surface area contributed by atoms with Gasteiger partial charge in [-0.15, -0.1) is 0 Å². The number of nitrogens with one attached hydrogen (secondary N) is 1. The molecule has 132 valence electrons. The van der Waals surface area contributed by atoms with Crippen LogP contribution in [0.1, 0.15) is 16.8 Å². The van der Waals surface area contributed by atoms with Crippen molar-refractivity contribution in [3.8, 4) is 0 Å². The molecule has 0 fully saturated rings. The zero-order chi connectivity index (χ0) is 17.9. The van der Waals surface area contributed by atoms with Crippen LogP contribution in [0.15, 0.2) is 53.7 Å². The maximum absolute atomic E-state index is 5.65. The van der Waals surface area contributed by atoms with Crippen LogP contribution in [0.4, 0.5) is 0 Å². The van der Waals surface area contributed by atoms with Crippen LogP contribution in [0.3, 0.4) is 0 Å². The smallest absolute Gasteiger partial charge is 0.196 e. The largest absolute Gasteiger partial charge is 0.379 e. The van der Waals surface area contributed by atoms with Gasteiger partial charge >= 0.3 is 0 Å². The molecule has 0 bridgehead atoms. The maximum Gasteiger partial charge on any atom is 0.196 e. The molecule has 5 N–H and O–H groups in total. The topological polar surface area (TPSA) is 98.6 Å². The second-order valence-electron chi connectivity index (χ2n) is 5.40. The van der Waals surface area contributed by atoms with Crippen molar-refractivity contribution < 1.29 is 4.74 Å². The van der Waals surface area contributed by atoms with Crippen LogP contribution in [0.2, 0.25) is 0 Å². The summed E-state index contributed by atoms with van der Waals surface area (Å²) in [6, 6.07) is 14.3. The van der Waals surface area contributed by atoms with Crippen molar-refractivity contribution in [3.05, 3.63) is 65.5 Å². The third kappa shape index (κ3) is 7.28. The van der Waals surface area contributed by atoms with Crippen molar-refractivity contribution in [3.63, 3.8) is 0 Å². The molecule has 0 aliphatic rings. The second kappa shape index (κ2) is 10.4. The summed E-state index contributed by atoms with van der Waals surface area (Å²) in [6.45, 7) is 1.73. The Bertz CT molecular complexity index is 702. The first kappa shape index (κ1) is 18.8. The fourth-order valence-corrected chi connectivity index (χ4v) is 2.55. The van der Waals surface area contributed by atoms with E-state index in [2.05, 4.69) is 33.5 Å². The molecule has 0 atom stereocenters. The van der Waals surface area contributed by atoms with Gasteiger partial charge in [-0.05, 0) is 41.9 Å². The Morgan fingerprint density at radius 3 is 2.56 bits per heavy atom. The Hall–Kier alpha value is -2.51. The molecule has 25 heavy (non-hydrogen) atoms. The minimum atomic E-state index is -0.0528. The first-order valence-corrected chi connectivity index (χ1v) is 8.48. The predicted octanol–water partition coefficient (Wildman–Crippen LogP) is 1.38. The van der Waals surface area contributed by atoms with E-state index >= 15 is 0 Å². The predicted molar refractivity (Wildman–Crippen MR) is 104 cm³/mol. The van der Waals surface area contributed by atoms with Crippen molar-refractivity contribution in [2.75, 3.05) is 19.8 Å². The molecular weight excluding hydrogens is 334 g/mol. The van der Waals surface area contributed by atoms with Crippen LogP contribution in [0, 0.1) is 0 Å². The molecule has 1 aromatic heterocycles. The number of aliphatic imine (C=N–C) groups is 1. The van der Waals surface area contributed by atoms with Gasteiger partial charge in [0.2, 0.25) is 0 Å². The van der Waals surface area contributed by atoms with Gasteiger partial charge < -0.3 is 21.5 Å². The van der Waals surface area contributed by atoms with Crippen LogP contribution in [0.5, 0.6) is 0 Å². The molecule has 6 nitrogen and oxygen atoms in total. The van der Waals surface area contributed by atoms with Gasteiger partial charge in [0, 0.05) is 24.9 Å². The number of ether oxygens (including phenoxy) is 1. The van der Waals surface area contributed by atoms with E-state index in [1.165, 1.54) is 11.1 Å². The Morgan fingerprint density at radius 2 is 1.84 bits per heavy atom. The zero-order valence-corrected chi connectivity index (χ0v) is 14.8. The van der Waals surface area contributed by atoms with Crippen molar-refractivity contribution in [1.29, 1.82) is 0 Å². The van der Waals surface area contributed by atoms with E-state index in [4.69, 9.17) is 28.4 Å². The summed E-state index contributed by atoms with van der Waals surface area (Å²) in [5.74, 6) is -0.0528. The number of guanidine groups is 1. The van der Waals surface area contributed by atoms with Crippen molar-refractivity contribution in [2.45, 2.75) is 12.8 Å². The third-order valence-electron chi connectivity index (χ3n) is 3.49. The highest BCUT2D eigenvalue weighted by atomic mass is 32.1. The molecular formula is C18H23N5OS. The lowest BCUT2D eigenvalue weighted by Crippen LogP contribution is -2.30. The molecule has 7 heteroatoms. The first-order chi connectivity index (χ1) is 12.1. The van der Waals surface area contributed by atoms with Crippen LogP contribution in [-0.4, -0.2) is 35.8 Å². The van der Waals surface area contributed by atoms with Crippen LogP contribution < -0.4 is 16.8 Å². The van der Waals surface area contributed by atoms with Gasteiger partial charge in [0.1, 0.15) is 0 Å². The molecule has 1 heterocycles. The highest BCUT2D eigenvalue weighted by Crippen LogP contribution is 2.13. The SMILES string of the molecule is NC(N)=NC(=S)NCCOCCc1ccccc1Cc1ccccn1. The number of rotatable bonds is 8. The van der Waals surface area contributed by atoms with E-state index in [1.54, 1.807) is 0 Å². The fourth-order valence-electron chi connectivity index (χ4n) is 2.34. The first-order valence-electron chi connectivity index (χ1n) is 8.07. The summed E-state index contributed by atoms with van der Waals surface area (Å²) in [6.07, 6.45) is 3.49. The van der Waals surface area contributed by atoms with E-state index < -0.39 is 0 Å². The van der Waals surface area contributed by atoms with Gasteiger partial charge in [-0.3, -0.25) is 4.98 Å². The molecule has 0 radical (unpaired) electrons. The summed E-state index contributed by atoms with van der Waals surface area (Å²) in [5.41, 5.74) is 14.1. The molecule has 2 rings (SSSR count). The average molecular weight is 357 g/mol. The van der Waals surface area contributed by atoms with Gasteiger partial charge in [-0.25, -0.2) is 0 Å². The lowest BCUT2D eigenvalue weighted by atomic mass is 10.0. The van der Waals surface area contributed by atoms with E-state index in [-0.39, 0.29) is 11.1 Å². The molecule has 0 unspecified atom stereocenters. The normalized spacial score (nSPS) is 10.2. The summed E-state index contributed by atoms with van der Waals surface area (Å²) < 4.78 is 5.65. The molecule has 0 amide bonds. The lowest BCUT2D eigenvalue weighted by molar-refractivity contribution is 0.142. The van der Waals surface area contributed by atoms with E-state index in [1.807, 2.05) is 30.5 Å². The molecule has 0 aliphatic carbocycles. The number of hydrogen-bond acceptors (Lipinski definition) is 3. The Labute approximate surface area is 153 Å². The van der Waals surface area contributed by atoms with Gasteiger partial charge in [0.15, 0.2) is 11.1 Å². The van der Waals surface area contributed by atoms with Crippen molar-refractivity contribution in [1.82, 2.24) is 10.3 Å². The van der Waals surface area contributed by atoms with Gasteiger partial charge in [-0.2, -0.15) is 4.99 Å². The number of pyridine rings is 1. The highest BCUT2D eigenvalue weighted by molar-refractivity contribution is 7.80. The Balaban J connectivity index is 1.74. The number of nitrogens with two attached hydrogens (primary N) is 2. The molecule has 0 aliphatic heterocycles. The van der Waals surface area contributed by atoms with Crippen LogP contribution in [0.25, 0.3) is 0 Å². The summed E-state index contributed by atoms with van der Waals surface area (Å²) in [4.78, 5) is 8.12. The van der Waals surface area contributed by atoms with E-state index in [0.717, 1.165) is 18.5 Å². The molecule has 0 spiro atoms. The van der Waals surface area contributed by atoms with Gasteiger partial charge in [-0.1, -0.05) is 30.3 Å². The molecule has 0 saturated heterocycles. The average Bonchev–Trinajstić information content (AvgIpc) is 2.59. The summed E-state index contributed by atoms with van der Waals surface area (Å²) >= 11 is 4.94. The van der Waals surface area contributed by atoms with Gasteiger partial charge in [0.25, 0.3) is 0 Å². The minimum Gasteiger partial charge on any atom is -0.379 e. The lowest BCUT2D eigenvalue weighted by Gasteiger charge is -2.10. The number of hydrogen-bond donors (Lipinski definition) is 3. The van der Waals surface area contributed by atoms with Crippen LogP contribution in [-0.2, 0) is 17.6 Å². The van der Waals surface area contributed by atoms with Crippen molar-refractivity contribution in [2.24, 2.45) is 16.5 Å². The highest BCUT2D eigenvalue weighted by Gasteiger charge is 2.04. The van der Waals surface area contributed by atoms with Crippen LogP contribution >= 0.6 is 12.2 Å². The quantitative estimate of drug-likeness (QED) is 0.286. The minimum absolute atomic E-state index is 0.0528. The number of nitrogens with zero attached hydrogens (tertiary/aromatic N) is 2. The fraction of sp³-hybridized carbons (Fsp3) is 0.278. The number of benzene rings is 1. The summed E-state index contributed by atoms with van der Waals surface area (Å²) in [7, 11) is 0. The monoisotopic (exact) mass is 357 g/mol. The third-order valence-corrected chi connectivity index (χ3v) is 3.72. The number of thiocarbonyl (C=S) groups is 1. The number of aromatic nitrogens is 1. The van der Waals surface area contributed by atoms with Gasteiger partial charge in [0.05, 0.1) is 13.2 Å². The Morgan fingerprint density at radius 1 is 1.08 bits per heavy atom. The zero-order valence-electron chi connectivity index (χ0n) is 14.0. The molecule has 2 aromatic rings. The standard InChI is InChI=1S/C18H23N5OS/c19-17(20)23-18(25)22-10-12-24-11-8-14-5-1-2-6-15(14)13-16-7-3-4-9-21-16/h1-7,9H,8,10-13H2,(H5,19,20,22,23,25). The molecule has 1 aromatic carbocycles. The molecule has 0 saturated carbocycles. The second-order valence-corrected chi connectivity index (χ2v) is 5.78. The Kier molecular flexibility index (Phi) is 7.81. The summed E-state index contributed by atoms with van der Waals surface area (Å²) in [5, 5.41) is 3.18.